The number of aliphatic hydroxyl groups excluding tert-OH is 1. The Morgan fingerprint density at radius 1 is 1.12 bits per heavy atom. The second kappa shape index (κ2) is 5.11. The number of hydrogen-bond donors (Lipinski definition) is 1. The van der Waals surface area contributed by atoms with Crippen LogP contribution in [0.15, 0.2) is 36.4 Å². The zero-order valence-electron chi connectivity index (χ0n) is 10.3. The van der Waals surface area contributed by atoms with Crippen LogP contribution >= 0.6 is 0 Å². The molecule has 2 nitrogen and oxygen atoms in total. The summed E-state index contributed by atoms with van der Waals surface area (Å²) in [4.78, 5) is 4.56. The fraction of sp³-hybridized carbons (Fsp3) is 0.267. The largest absolute Gasteiger partial charge is 0.396 e. The fourth-order valence-electron chi connectivity index (χ4n) is 1.98. The van der Waals surface area contributed by atoms with Crippen molar-refractivity contribution >= 4 is 0 Å². The van der Waals surface area contributed by atoms with Gasteiger partial charge in [0.2, 0.25) is 0 Å². The number of benzene rings is 1. The van der Waals surface area contributed by atoms with Gasteiger partial charge in [-0.2, -0.15) is 0 Å². The fourth-order valence-corrected chi connectivity index (χ4v) is 1.98. The highest BCUT2D eigenvalue weighted by atomic mass is 16.3. The molecular formula is C15H17NO. The third-order valence-electron chi connectivity index (χ3n) is 2.83. The van der Waals surface area contributed by atoms with Gasteiger partial charge in [-0.25, -0.2) is 0 Å². The van der Waals surface area contributed by atoms with Crippen LogP contribution in [0.4, 0.5) is 0 Å². The van der Waals surface area contributed by atoms with E-state index < -0.39 is 0 Å². The summed E-state index contributed by atoms with van der Waals surface area (Å²) in [5.74, 6) is 0. The maximum atomic E-state index is 8.93. The molecule has 0 saturated heterocycles. The highest BCUT2D eigenvalue weighted by molar-refractivity contribution is 5.64. The molecular weight excluding hydrogens is 210 g/mol. The van der Waals surface area contributed by atoms with E-state index in [0.29, 0.717) is 6.42 Å². The van der Waals surface area contributed by atoms with E-state index >= 15 is 0 Å². The van der Waals surface area contributed by atoms with Crippen molar-refractivity contribution in [2.75, 3.05) is 6.61 Å². The van der Waals surface area contributed by atoms with Crippen molar-refractivity contribution in [2.45, 2.75) is 20.3 Å². The van der Waals surface area contributed by atoms with Crippen molar-refractivity contribution in [3.8, 4) is 11.3 Å². The first-order valence-electron chi connectivity index (χ1n) is 5.85. The lowest BCUT2D eigenvalue weighted by atomic mass is 10.0. The Morgan fingerprint density at radius 2 is 1.94 bits per heavy atom. The maximum Gasteiger partial charge on any atom is 0.0707 e. The first-order valence-corrected chi connectivity index (χ1v) is 5.85. The van der Waals surface area contributed by atoms with Crippen molar-refractivity contribution in [2.24, 2.45) is 0 Å². The number of hydrogen-bond acceptors (Lipinski definition) is 2. The van der Waals surface area contributed by atoms with Gasteiger partial charge >= 0.3 is 0 Å². The summed E-state index contributed by atoms with van der Waals surface area (Å²) < 4.78 is 0. The van der Waals surface area contributed by atoms with Crippen LogP contribution in [-0.4, -0.2) is 16.7 Å². The summed E-state index contributed by atoms with van der Waals surface area (Å²) >= 11 is 0. The number of aryl methyl sites for hydroxylation is 2. The molecule has 0 amide bonds. The van der Waals surface area contributed by atoms with E-state index in [0.717, 1.165) is 17.0 Å². The van der Waals surface area contributed by atoms with Crippen molar-refractivity contribution in [1.82, 2.24) is 4.98 Å². The van der Waals surface area contributed by atoms with Crippen molar-refractivity contribution in [3.63, 3.8) is 0 Å². The van der Waals surface area contributed by atoms with Gasteiger partial charge in [0.25, 0.3) is 0 Å². The quantitative estimate of drug-likeness (QED) is 0.874. The SMILES string of the molecule is Cc1ccc(-c2cccc(CCO)n2)c(C)c1. The van der Waals surface area contributed by atoms with Crippen LogP contribution in [-0.2, 0) is 6.42 Å². The van der Waals surface area contributed by atoms with E-state index in [1.165, 1.54) is 11.1 Å². The van der Waals surface area contributed by atoms with E-state index in [-0.39, 0.29) is 6.61 Å². The Kier molecular flexibility index (Phi) is 3.55. The second-order valence-corrected chi connectivity index (χ2v) is 4.31. The highest BCUT2D eigenvalue weighted by Gasteiger charge is 2.04. The topological polar surface area (TPSA) is 33.1 Å². The van der Waals surface area contributed by atoms with Crippen molar-refractivity contribution in [3.05, 3.63) is 53.2 Å². The lowest BCUT2D eigenvalue weighted by Crippen LogP contribution is -1.96. The van der Waals surface area contributed by atoms with Gasteiger partial charge in [-0.1, -0.05) is 29.8 Å². The summed E-state index contributed by atoms with van der Waals surface area (Å²) in [6.45, 7) is 4.33. The van der Waals surface area contributed by atoms with Gasteiger partial charge in [-0.3, -0.25) is 4.98 Å². The summed E-state index contributed by atoms with van der Waals surface area (Å²) in [6.07, 6.45) is 0.610. The average Bonchev–Trinajstić information content (AvgIpc) is 2.29. The van der Waals surface area contributed by atoms with E-state index in [1.807, 2.05) is 18.2 Å². The van der Waals surface area contributed by atoms with E-state index in [2.05, 4.69) is 37.0 Å². The Labute approximate surface area is 102 Å². The summed E-state index contributed by atoms with van der Waals surface area (Å²) in [6, 6.07) is 12.3. The lowest BCUT2D eigenvalue weighted by Gasteiger charge is -2.07. The molecule has 0 aliphatic heterocycles. The number of aliphatic hydroxyl groups is 1. The number of nitrogens with zero attached hydrogens (tertiary/aromatic N) is 1. The maximum absolute atomic E-state index is 8.93. The zero-order chi connectivity index (χ0) is 12.3. The molecule has 1 aromatic heterocycles. The molecule has 0 bridgehead atoms. The van der Waals surface area contributed by atoms with Crippen LogP contribution in [0.25, 0.3) is 11.3 Å². The van der Waals surface area contributed by atoms with Gasteiger partial charge in [0, 0.05) is 24.3 Å². The molecule has 1 aromatic carbocycles. The van der Waals surface area contributed by atoms with Crippen LogP contribution in [0.1, 0.15) is 16.8 Å². The smallest absolute Gasteiger partial charge is 0.0707 e. The van der Waals surface area contributed by atoms with E-state index in [1.54, 1.807) is 0 Å². The van der Waals surface area contributed by atoms with Crippen LogP contribution < -0.4 is 0 Å². The number of rotatable bonds is 3. The highest BCUT2D eigenvalue weighted by Crippen LogP contribution is 2.22. The first-order chi connectivity index (χ1) is 8.20. The molecule has 1 heterocycles. The minimum atomic E-state index is 0.142. The predicted molar refractivity (Wildman–Crippen MR) is 69.9 cm³/mol. The lowest BCUT2D eigenvalue weighted by molar-refractivity contribution is 0.298. The van der Waals surface area contributed by atoms with Crippen LogP contribution in [0.3, 0.4) is 0 Å². The molecule has 0 fully saturated rings. The Hall–Kier alpha value is -1.67. The molecule has 0 aliphatic carbocycles. The molecule has 2 rings (SSSR count). The Morgan fingerprint density at radius 3 is 2.65 bits per heavy atom. The van der Waals surface area contributed by atoms with Gasteiger partial charge in [0.15, 0.2) is 0 Å². The molecule has 17 heavy (non-hydrogen) atoms. The molecule has 2 aromatic rings. The third-order valence-corrected chi connectivity index (χ3v) is 2.83. The van der Waals surface area contributed by atoms with Gasteiger partial charge in [-0.15, -0.1) is 0 Å². The molecule has 0 unspecified atom stereocenters. The summed E-state index contributed by atoms with van der Waals surface area (Å²) in [5, 5.41) is 8.93. The molecule has 0 radical (unpaired) electrons. The minimum absolute atomic E-state index is 0.142. The average molecular weight is 227 g/mol. The molecule has 88 valence electrons. The molecule has 0 spiro atoms. The minimum Gasteiger partial charge on any atom is -0.396 e. The van der Waals surface area contributed by atoms with E-state index in [4.69, 9.17) is 5.11 Å². The number of pyridine rings is 1. The summed E-state index contributed by atoms with van der Waals surface area (Å²) in [5.41, 5.74) is 5.57. The van der Waals surface area contributed by atoms with Gasteiger partial charge in [0.05, 0.1) is 5.69 Å². The van der Waals surface area contributed by atoms with Crippen LogP contribution in [0.5, 0.6) is 0 Å². The Balaban J connectivity index is 2.42. The first kappa shape index (κ1) is 11.8. The van der Waals surface area contributed by atoms with Gasteiger partial charge in [-0.05, 0) is 31.5 Å². The standard InChI is InChI=1S/C15H17NO/c1-11-6-7-14(12(2)10-11)15-5-3-4-13(16-15)8-9-17/h3-7,10,17H,8-9H2,1-2H3. The van der Waals surface area contributed by atoms with Crippen molar-refractivity contribution in [1.29, 1.82) is 0 Å². The van der Waals surface area contributed by atoms with E-state index in [9.17, 15) is 0 Å². The molecule has 0 saturated carbocycles. The molecule has 1 N–H and O–H groups in total. The number of aromatic nitrogens is 1. The second-order valence-electron chi connectivity index (χ2n) is 4.31. The van der Waals surface area contributed by atoms with Crippen LogP contribution in [0, 0.1) is 13.8 Å². The van der Waals surface area contributed by atoms with Gasteiger partial charge < -0.3 is 5.11 Å². The zero-order valence-corrected chi connectivity index (χ0v) is 10.3. The Bertz CT molecular complexity index is 520. The monoisotopic (exact) mass is 227 g/mol. The molecule has 2 heteroatoms. The normalized spacial score (nSPS) is 10.5. The molecule has 0 atom stereocenters. The summed E-state index contributed by atoms with van der Waals surface area (Å²) in [7, 11) is 0. The van der Waals surface area contributed by atoms with Crippen LogP contribution in [0.2, 0.25) is 0 Å². The van der Waals surface area contributed by atoms with Crippen molar-refractivity contribution < 1.29 is 5.11 Å². The third kappa shape index (κ3) is 2.71. The van der Waals surface area contributed by atoms with Gasteiger partial charge in [0.1, 0.15) is 0 Å². The molecule has 0 aliphatic rings. The predicted octanol–water partition coefficient (Wildman–Crippen LogP) is 2.90.